The molecule has 3 amide bonds. The second-order valence-corrected chi connectivity index (χ2v) is 21.5. The van der Waals surface area contributed by atoms with Gasteiger partial charge in [-0.15, -0.1) is 0 Å². The van der Waals surface area contributed by atoms with E-state index in [4.69, 9.17) is 23.2 Å². The average Bonchev–Trinajstić information content (AvgIpc) is 3.16. The van der Waals surface area contributed by atoms with Crippen molar-refractivity contribution in [3.8, 4) is 34.2 Å². The van der Waals surface area contributed by atoms with Gasteiger partial charge < -0.3 is 50.7 Å². The second kappa shape index (κ2) is 26.4. The number of halogens is 5. The number of amides is 3. The summed E-state index contributed by atoms with van der Waals surface area (Å²) in [6.45, 7) is 16.8. The first-order chi connectivity index (χ1) is 40.0. The number of nitrogens with zero attached hydrogens (tertiary/aromatic N) is 12. The van der Waals surface area contributed by atoms with Gasteiger partial charge in [-0.3, -0.25) is 14.4 Å². The Kier molecular flexibility index (Phi) is 19.3. The summed E-state index contributed by atoms with van der Waals surface area (Å²) in [5.74, 6) is 2.20. The number of aliphatic hydroxyl groups is 1. The fourth-order valence-electron chi connectivity index (χ4n) is 9.56. The van der Waals surface area contributed by atoms with Gasteiger partial charge in [0.1, 0.15) is 58.1 Å². The number of aromatic nitrogens is 12. The molecule has 0 bridgehead atoms. The number of likely N-dealkylation sites (N-methyl/N-ethyl adjacent to an activating group) is 2. The quantitative estimate of drug-likeness (QED) is 0.0447. The molecular weight excluding hydrogens is 1130 g/mol. The van der Waals surface area contributed by atoms with E-state index in [-0.39, 0.29) is 24.8 Å². The highest BCUT2D eigenvalue weighted by Crippen LogP contribution is 2.32. The number of carbonyl (C=O) groups excluding carboxylic acids is 3. The zero-order valence-corrected chi connectivity index (χ0v) is 49.0. The molecular formula is C57H65Cl2F3N18O4. The second-order valence-electron chi connectivity index (χ2n) is 20.6. The number of pyridine rings is 3. The molecule has 10 heterocycles. The van der Waals surface area contributed by atoms with Crippen LogP contribution in [0.15, 0.2) is 98.2 Å². The molecule has 27 heteroatoms. The lowest BCUT2D eigenvalue weighted by molar-refractivity contribution is -0.139. The van der Waals surface area contributed by atoms with Crippen LogP contribution in [-0.2, 0) is 14.4 Å². The van der Waals surface area contributed by atoms with Crippen LogP contribution in [0, 0.1) is 0 Å². The van der Waals surface area contributed by atoms with E-state index >= 15 is 0 Å². The lowest BCUT2D eigenvalue weighted by Crippen LogP contribution is -2.50. The zero-order valence-electron chi connectivity index (χ0n) is 47.5. The molecule has 1 aliphatic heterocycles. The molecule has 22 nitrogen and oxygen atoms in total. The predicted molar refractivity (Wildman–Crippen MR) is 318 cm³/mol. The van der Waals surface area contributed by atoms with E-state index in [1.54, 1.807) is 72.5 Å². The maximum absolute atomic E-state index is 12.9. The Bertz CT molecular complexity index is 3760. The zero-order chi connectivity index (χ0) is 60.5. The summed E-state index contributed by atoms with van der Waals surface area (Å²) in [5.41, 5.74) is 2.83. The molecule has 9 aromatic rings. The smallest absolute Gasteiger partial charge is 0.391 e. The maximum atomic E-state index is 12.9. The fourth-order valence-corrected chi connectivity index (χ4v) is 9.88. The minimum absolute atomic E-state index is 0.0139. The summed E-state index contributed by atoms with van der Waals surface area (Å²) < 4.78 is 37.3. The average molecular weight is 1190 g/mol. The third-order valence-electron chi connectivity index (χ3n) is 13.6. The van der Waals surface area contributed by atoms with Crippen molar-refractivity contribution in [3.05, 3.63) is 108 Å². The van der Waals surface area contributed by atoms with Gasteiger partial charge >= 0.3 is 6.18 Å². The fraction of sp³-hybridized carbons (Fsp3) is 0.368. The normalized spacial score (nSPS) is 14.4. The van der Waals surface area contributed by atoms with E-state index in [1.807, 2.05) is 83.1 Å². The molecule has 0 unspecified atom stereocenters. The first-order valence-corrected chi connectivity index (χ1v) is 27.9. The van der Waals surface area contributed by atoms with Crippen molar-refractivity contribution in [2.45, 2.75) is 97.6 Å². The number of fused-ring (bicyclic) bond motifs is 3. The van der Waals surface area contributed by atoms with Gasteiger partial charge in [-0.2, -0.15) is 13.2 Å². The largest absolute Gasteiger partial charge is 0.405 e. The molecule has 2 atom stereocenters. The number of alkyl halides is 3. The number of aliphatic hydroxyl groups excluding tert-OH is 1. The van der Waals surface area contributed by atoms with Crippen molar-refractivity contribution in [1.82, 2.24) is 74.9 Å². The van der Waals surface area contributed by atoms with E-state index in [1.165, 1.54) is 11.1 Å². The lowest BCUT2D eigenvalue weighted by Gasteiger charge is -2.32. The number of rotatable bonds is 17. The highest BCUT2D eigenvalue weighted by atomic mass is 35.5. The van der Waals surface area contributed by atoms with Gasteiger partial charge in [0.05, 0.1) is 16.1 Å². The number of H-pyrrole nitrogens is 3. The maximum Gasteiger partial charge on any atom is 0.405 e. The van der Waals surface area contributed by atoms with Crippen molar-refractivity contribution in [2.24, 2.45) is 0 Å². The molecule has 442 valence electrons. The Labute approximate surface area is 491 Å². The van der Waals surface area contributed by atoms with Crippen LogP contribution in [0.5, 0.6) is 0 Å². The third kappa shape index (κ3) is 14.6. The topological polar surface area (TPSA) is 281 Å². The number of carbonyl (C=O) groups is 3. The number of β-amino-alcohol motifs (C(OH)–C–C–N with tert-alkyl or cyclic N) is 1. The molecule has 10 rings (SSSR count). The summed E-state index contributed by atoms with van der Waals surface area (Å²) in [5, 5.41) is 22.0. The third-order valence-corrected chi connectivity index (χ3v) is 14.0. The number of aromatic amines is 3. The molecule has 1 saturated heterocycles. The molecule has 1 aliphatic rings. The minimum Gasteiger partial charge on any atom is -0.391 e. The van der Waals surface area contributed by atoms with Crippen molar-refractivity contribution < 1.29 is 32.7 Å². The van der Waals surface area contributed by atoms with Crippen molar-refractivity contribution >= 4 is 91.5 Å². The van der Waals surface area contributed by atoms with Gasteiger partial charge in [-0.25, -0.2) is 44.9 Å². The summed E-state index contributed by atoms with van der Waals surface area (Å²) in [4.78, 5) is 91.7. The SMILES string of the molecule is CCCN(CC)C(=O)C(C)(C)Nc1ccnc(-c2c[nH]c3ncc(Cl)cc23)n1.CCN(CC)C(=O)C(C)(C)Nc1ccnc(-c2c[nH]c3ncc(Cl)cc23)n1.O=C(NCC(F)(F)F)[C@H]1C[C@H](O)CN1c1ccnc(-c2c[nH]c3ncccc23)n1. The van der Waals surface area contributed by atoms with Crippen LogP contribution in [-0.4, -0.2) is 161 Å². The van der Waals surface area contributed by atoms with Gasteiger partial charge in [0.15, 0.2) is 17.5 Å². The molecule has 0 aliphatic carbocycles. The van der Waals surface area contributed by atoms with Gasteiger partial charge in [-0.05, 0) is 97.4 Å². The monoisotopic (exact) mass is 1190 g/mol. The number of anilines is 3. The van der Waals surface area contributed by atoms with Gasteiger partial charge in [-0.1, -0.05) is 30.1 Å². The predicted octanol–water partition coefficient (Wildman–Crippen LogP) is 9.49. The molecule has 0 aromatic carbocycles. The van der Waals surface area contributed by atoms with Crippen LogP contribution >= 0.6 is 23.2 Å². The summed E-state index contributed by atoms with van der Waals surface area (Å²) in [6.07, 6.45) is 10.6. The minimum atomic E-state index is -4.51. The van der Waals surface area contributed by atoms with Crippen LogP contribution in [0.3, 0.4) is 0 Å². The molecule has 0 radical (unpaired) electrons. The molecule has 1 fully saturated rings. The van der Waals surface area contributed by atoms with Gasteiger partial charge in [0.25, 0.3) is 0 Å². The van der Waals surface area contributed by atoms with Crippen molar-refractivity contribution in [1.29, 1.82) is 0 Å². The van der Waals surface area contributed by atoms with E-state index in [2.05, 4.69) is 77.4 Å². The summed E-state index contributed by atoms with van der Waals surface area (Å²) in [7, 11) is 0. The van der Waals surface area contributed by atoms with Crippen LogP contribution in [0.2, 0.25) is 10.0 Å². The Morgan fingerprint density at radius 2 is 1.13 bits per heavy atom. The first kappa shape index (κ1) is 61.5. The lowest BCUT2D eigenvalue weighted by atomic mass is 10.0. The Morgan fingerprint density at radius 3 is 1.63 bits per heavy atom. The number of nitrogens with one attached hydrogen (secondary N) is 6. The van der Waals surface area contributed by atoms with E-state index in [0.29, 0.717) is 81.5 Å². The first-order valence-electron chi connectivity index (χ1n) is 27.1. The Balaban J connectivity index is 0.000000164. The standard InChI is InChI=1S/C20H25ClN6O.C19H23ClN6O.C18H17F3N6O2/c1-5-9-27(6-2)19(28)20(3,4)26-16-7-8-22-18(25-16)15-12-24-17-14(15)10-13(21)11-23-17;1-5-26(6-2)18(27)19(3,4)25-15-7-8-21-17(24-15)14-11-23-16-13(14)9-12(20)10-22-16;19-18(20,21)9-25-17(29)13-6-10(28)8-27(13)14-3-5-23-16(26-14)12-7-24-15-11(12)2-1-4-22-15/h7-8,10-12H,5-6,9H2,1-4H3,(H,23,24)(H,22,25,26);7-11H,5-6H2,1-4H3,(H,22,23)(H,21,24,25);1-5,7,10,13,28H,6,8-9H2,(H,22,24)(H,25,29)/t;;10-,13+/m..0/s1. The van der Waals surface area contributed by atoms with Crippen LogP contribution in [0.4, 0.5) is 30.6 Å². The Hall–Kier alpha value is -8.55. The van der Waals surface area contributed by atoms with Crippen molar-refractivity contribution in [3.63, 3.8) is 0 Å². The molecule has 0 spiro atoms. The number of hydrogen-bond acceptors (Lipinski definition) is 16. The van der Waals surface area contributed by atoms with Crippen LogP contribution in [0.25, 0.3) is 67.3 Å². The Morgan fingerprint density at radius 1 is 0.655 bits per heavy atom. The van der Waals surface area contributed by atoms with E-state index in [0.717, 1.165) is 45.9 Å². The molecule has 84 heavy (non-hydrogen) atoms. The van der Waals surface area contributed by atoms with Crippen LogP contribution < -0.4 is 20.9 Å². The molecule has 7 N–H and O–H groups in total. The van der Waals surface area contributed by atoms with E-state index in [9.17, 15) is 32.7 Å². The highest BCUT2D eigenvalue weighted by molar-refractivity contribution is 6.31. The van der Waals surface area contributed by atoms with Gasteiger partial charge in [0, 0.05) is 128 Å². The summed E-state index contributed by atoms with van der Waals surface area (Å²) >= 11 is 12.2. The molecule has 0 saturated carbocycles. The highest BCUT2D eigenvalue weighted by Gasteiger charge is 2.39. The van der Waals surface area contributed by atoms with E-state index < -0.39 is 41.9 Å². The van der Waals surface area contributed by atoms with Crippen LogP contribution in [0.1, 0.15) is 68.2 Å². The van der Waals surface area contributed by atoms with Gasteiger partial charge in [0.2, 0.25) is 17.7 Å². The summed E-state index contributed by atoms with van der Waals surface area (Å²) in [6, 6.07) is 11.4. The number of hydrogen-bond donors (Lipinski definition) is 7. The van der Waals surface area contributed by atoms with Crippen molar-refractivity contribution in [2.75, 3.05) is 54.8 Å². The molecule has 9 aromatic heterocycles.